The SMILES string of the molecule is CC(CN)(Nc1ccc(Br)cn1)C1CC1. The minimum atomic E-state index is 0.000823. The molecule has 15 heavy (non-hydrogen) atoms. The first kappa shape index (κ1) is 10.9. The van der Waals surface area contributed by atoms with Crippen LogP contribution >= 0.6 is 15.9 Å². The molecular weight excluding hydrogens is 254 g/mol. The molecule has 1 heterocycles. The Labute approximate surface area is 98.6 Å². The monoisotopic (exact) mass is 269 g/mol. The van der Waals surface area contributed by atoms with Gasteiger partial charge in [0.2, 0.25) is 0 Å². The molecule has 0 aromatic carbocycles. The van der Waals surface area contributed by atoms with Gasteiger partial charge in [-0.25, -0.2) is 4.98 Å². The van der Waals surface area contributed by atoms with Crippen molar-refractivity contribution in [3.05, 3.63) is 22.8 Å². The zero-order valence-corrected chi connectivity index (χ0v) is 10.4. The van der Waals surface area contributed by atoms with Crippen LogP contribution in [0.1, 0.15) is 19.8 Å². The van der Waals surface area contributed by atoms with Crippen LogP contribution in [0.3, 0.4) is 0 Å². The second-order valence-corrected chi connectivity index (χ2v) is 5.30. The van der Waals surface area contributed by atoms with E-state index in [4.69, 9.17) is 5.73 Å². The average molecular weight is 270 g/mol. The fraction of sp³-hybridized carbons (Fsp3) is 0.545. The van der Waals surface area contributed by atoms with E-state index in [0.717, 1.165) is 10.3 Å². The van der Waals surface area contributed by atoms with Crippen molar-refractivity contribution in [2.45, 2.75) is 25.3 Å². The Morgan fingerprint density at radius 1 is 1.60 bits per heavy atom. The number of nitrogens with one attached hydrogen (secondary N) is 1. The van der Waals surface area contributed by atoms with Crippen LogP contribution in [0.4, 0.5) is 5.82 Å². The fourth-order valence-electron chi connectivity index (χ4n) is 1.78. The van der Waals surface area contributed by atoms with E-state index in [1.54, 1.807) is 6.20 Å². The molecule has 0 spiro atoms. The highest BCUT2D eigenvalue weighted by Gasteiger charge is 2.40. The maximum Gasteiger partial charge on any atom is 0.126 e. The molecule has 1 unspecified atom stereocenters. The van der Waals surface area contributed by atoms with Gasteiger partial charge in [0.05, 0.1) is 5.54 Å². The number of pyridine rings is 1. The summed E-state index contributed by atoms with van der Waals surface area (Å²) >= 11 is 3.37. The summed E-state index contributed by atoms with van der Waals surface area (Å²) in [6.07, 6.45) is 4.35. The minimum absolute atomic E-state index is 0.000823. The molecule has 0 saturated heterocycles. The summed E-state index contributed by atoms with van der Waals surface area (Å²) in [5, 5.41) is 3.44. The lowest BCUT2D eigenvalue weighted by atomic mass is 9.96. The van der Waals surface area contributed by atoms with Crippen LogP contribution < -0.4 is 11.1 Å². The van der Waals surface area contributed by atoms with Crippen LogP contribution in [0.25, 0.3) is 0 Å². The average Bonchev–Trinajstić information content (AvgIpc) is 3.05. The van der Waals surface area contributed by atoms with Crippen LogP contribution in [0.2, 0.25) is 0 Å². The summed E-state index contributed by atoms with van der Waals surface area (Å²) in [5.41, 5.74) is 5.83. The third-order valence-electron chi connectivity index (χ3n) is 3.04. The van der Waals surface area contributed by atoms with Gasteiger partial charge in [-0.1, -0.05) is 0 Å². The molecule has 3 N–H and O–H groups in total. The molecule has 1 aromatic heterocycles. The van der Waals surface area contributed by atoms with E-state index < -0.39 is 0 Å². The lowest BCUT2D eigenvalue weighted by Crippen LogP contribution is -2.44. The van der Waals surface area contributed by atoms with Gasteiger partial charge in [-0.15, -0.1) is 0 Å². The minimum Gasteiger partial charge on any atom is -0.363 e. The molecule has 2 rings (SSSR count). The normalized spacial score (nSPS) is 19.7. The second-order valence-electron chi connectivity index (χ2n) is 4.38. The van der Waals surface area contributed by atoms with Crippen LogP contribution in [0.5, 0.6) is 0 Å². The highest BCUT2D eigenvalue weighted by Crippen LogP contribution is 2.40. The van der Waals surface area contributed by atoms with Crippen LogP contribution in [-0.4, -0.2) is 17.1 Å². The summed E-state index contributed by atoms with van der Waals surface area (Å²) in [6.45, 7) is 2.82. The molecule has 0 amide bonds. The van der Waals surface area contributed by atoms with E-state index in [1.807, 2.05) is 12.1 Å². The Morgan fingerprint density at radius 2 is 2.33 bits per heavy atom. The van der Waals surface area contributed by atoms with Crippen molar-refractivity contribution in [2.75, 3.05) is 11.9 Å². The Hall–Kier alpha value is -0.610. The Morgan fingerprint density at radius 3 is 2.80 bits per heavy atom. The van der Waals surface area contributed by atoms with Crippen molar-refractivity contribution in [2.24, 2.45) is 11.7 Å². The number of nitrogens with zero attached hydrogens (tertiary/aromatic N) is 1. The number of rotatable bonds is 4. The number of halogens is 1. The van der Waals surface area contributed by atoms with Crippen molar-refractivity contribution in [1.82, 2.24) is 4.98 Å². The number of nitrogens with two attached hydrogens (primary N) is 1. The maximum absolute atomic E-state index is 5.83. The van der Waals surface area contributed by atoms with E-state index in [2.05, 4.69) is 33.2 Å². The number of aromatic nitrogens is 1. The molecule has 0 bridgehead atoms. The standard InChI is InChI=1S/C11H16BrN3/c1-11(7-13,8-2-3-8)15-10-5-4-9(12)6-14-10/h4-6,8H,2-3,7,13H2,1H3,(H,14,15). The van der Waals surface area contributed by atoms with Crippen molar-refractivity contribution in [3.63, 3.8) is 0 Å². The van der Waals surface area contributed by atoms with Gasteiger partial charge in [-0.2, -0.15) is 0 Å². The summed E-state index contributed by atoms with van der Waals surface area (Å²) in [6, 6.07) is 3.96. The Kier molecular flexibility index (Phi) is 2.98. The van der Waals surface area contributed by atoms with Gasteiger partial charge >= 0.3 is 0 Å². The molecular formula is C11H16BrN3. The lowest BCUT2D eigenvalue weighted by Gasteiger charge is -2.30. The zero-order valence-electron chi connectivity index (χ0n) is 8.83. The van der Waals surface area contributed by atoms with Gasteiger partial charge in [-0.05, 0) is 53.7 Å². The largest absolute Gasteiger partial charge is 0.363 e. The predicted molar refractivity (Wildman–Crippen MR) is 65.7 cm³/mol. The smallest absolute Gasteiger partial charge is 0.126 e. The highest BCUT2D eigenvalue weighted by atomic mass is 79.9. The van der Waals surface area contributed by atoms with E-state index in [-0.39, 0.29) is 5.54 Å². The van der Waals surface area contributed by atoms with E-state index in [0.29, 0.717) is 12.5 Å². The summed E-state index contributed by atoms with van der Waals surface area (Å²) in [7, 11) is 0. The maximum atomic E-state index is 5.83. The van der Waals surface area contributed by atoms with Gasteiger partial charge < -0.3 is 11.1 Å². The molecule has 1 aliphatic carbocycles. The van der Waals surface area contributed by atoms with Crippen LogP contribution in [0, 0.1) is 5.92 Å². The molecule has 1 fully saturated rings. The first-order valence-electron chi connectivity index (χ1n) is 5.24. The van der Waals surface area contributed by atoms with E-state index >= 15 is 0 Å². The van der Waals surface area contributed by atoms with E-state index in [9.17, 15) is 0 Å². The molecule has 1 saturated carbocycles. The van der Waals surface area contributed by atoms with Crippen LogP contribution in [0.15, 0.2) is 22.8 Å². The Balaban J connectivity index is 2.09. The first-order chi connectivity index (χ1) is 7.14. The molecule has 1 aromatic rings. The summed E-state index contributed by atoms with van der Waals surface area (Å²) < 4.78 is 0.994. The molecule has 1 atom stereocenters. The van der Waals surface area contributed by atoms with Gasteiger partial charge in [0.1, 0.15) is 5.82 Å². The molecule has 82 valence electrons. The molecule has 3 nitrogen and oxygen atoms in total. The number of anilines is 1. The summed E-state index contributed by atoms with van der Waals surface area (Å²) in [4.78, 5) is 4.31. The van der Waals surface area contributed by atoms with Crippen molar-refractivity contribution in [3.8, 4) is 0 Å². The molecule has 0 aliphatic heterocycles. The van der Waals surface area contributed by atoms with Gasteiger partial charge in [0.15, 0.2) is 0 Å². The predicted octanol–water partition coefficient (Wildman–Crippen LogP) is 2.38. The zero-order chi connectivity index (χ0) is 10.9. The third-order valence-corrected chi connectivity index (χ3v) is 3.51. The summed E-state index contributed by atoms with van der Waals surface area (Å²) in [5.74, 6) is 1.60. The van der Waals surface area contributed by atoms with Crippen molar-refractivity contribution < 1.29 is 0 Å². The van der Waals surface area contributed by atoms with Crippen molar-refractivity contribution >= 4 is 21.7 Å². The van der Waals surface area contributed by atoms with Gasteiger partial charge in [0.25, 0.3) is 0 Å². The third kappa shape index (κ3) is 2.49. The molecule has 1 aliphatic rings. The molecule has 4 heteroatoms. The fourth-order valence-corrected chi connectivity index (χ4v) is 2.02. The lowest BCUT2D eigenvalue weighted by molar-refractivity contribution is 0.458. The molecule has 0 radical (unpaired) electrons. The van der Waals surface area contributed by atoms with Crippen molar-refractivity contribution in [1.29, 1.82) is 0 Å². The first-order valence-corrected chi connectivity index (χ1v) is 6.03. The highest BCUT2D eigenvalue weighted by molar-refractivity contribution is 9.10. The Bertz CT molecular complexity index is 334. The number of hydrogen-bond donors (Lipinski definition) is 2. The number of hydrogen-bond acceptors (Lipinski definition) is 3. The van der Waals surface area contributed by atoms with Gasteiger partial charge in [0, 0.05) is 17.2 Å². The van der Waals surface area contributed by atoms with E-state index in [1.165, 1.54) is 12.8 Å². The van der Waals surface area contributed by atoms with Crippen LogP contribution in [-0.2, 0) is 0 Å². The topological polar surface area (TPSA) is 50.9 Å². The van der Waals surface area contributed by atoms with Gasteiger partial charge in [-0.3, -0.25) is 0 Å². The second kappa shape index (κ2) is 4.10. The quantitative estimate of drug-likeness (QED) is 0.883.